The van der Waals surface area contributed by atoms with Crippen LogP contribution in [0.1, 0.15) is 36.3 Å². The van der Waals surface area contributed by atoms with Gasteiger partial charge in [-0.15, -0.1) is 0 Å². The highest BCUT2D eigenvalue weighted by Crippen LogP contribution is 2.47. The molecule has 0 bridgehead atoms. The van der Waals surface area contributed by atoms with Gasteiger partial charge in [0.15, 0.2) is 0 Å². The minimum absolute atomic E-state index is 0.00969. The van der Waals surface area contributed by atoms with Gasteiger partial charge in [0.05, 0.1) is 0 Å². The van der Waals surface area contributed by atoms with Gasteiger partial charge in [-0.3, -0.25) is 9.59 Å². The van der Waals surface area contributed by atoms with Crippen LogP contribution in [0.2, 0.25) is 0 Å². The summed E-state index contributed by atoms with van der Waals surface area (Å²) in [5.41, 5.74) is 1.90. The number of hydrogen-bond acceptors (Lipinski definition) is 2. The molecular formula is C21H22FNO3. The number of rotatable bonds is 8. The van der Waals surface area contributed by atoms with Crippen molar-refractivity contribution in [2.75, 3.05) is 0 Å². The molecule has 0 aliphatic heterocycles. The summed E-state index contributed by atoms with van der Waals surface area (Å²) in [5, 5.41) is 12.0. The number of carboxylic acids is 1. The van der Waals surface area contributed by atoms with Crippen LogP contribution in [0.15, 0.2) is 54.6 Å². The van der Waals surface area contributed by atoms with Crippen molar-refractivity contribution in [1.82, 2.24) is 5.32 Å². The normalized spacial score (nSPS) is 19.6. The minimum atomic E-state index is -0.874. The Kier molecular flexibility index (Phi) is 5.66. The van der Waals surface area contributed by atoms with Gasteiger partial charge in [-0.05, 0) is 48.4 Å². The molecule has 0 heterocycles. The molecular weight excluding hydrogens is 333 g/mol. The second-order valence-corrected chi connectivity index (χ2v) is 6.83. The molecule has 1 aliphatic rings. The molecule has 2 N–H and O–H groups in total. The van der Waals surface area contributed by atoms with Crippen LogP contribution in [-0.2, 0) is 16.0 Å². The maximum absolute atomic E-state index is 13.4. The Labute approximate surface area is 152 Å². The van der Waals surface area contributed by atoms with E-state index in [1.807, 2.05) is 36.4 Å². The zero-order valence-electron chi connectivity index (χ0n) is 14.4. The van der Waals surface area contributed by atoms with Gasteiger partial charge < -0.3 is 10.4 Å². The van der Waals surface area contributed by atoms with Crippen LogP contribution >= 0.6 is 0 Å². The molecule has 4 nitrogen and oxygen atoms in total. The summed E-state index contributed by atoms with van der Waals surface area (Å²) in [4.78, 5) is 23.5. The van der Waals surface area contributed by atoms with Crippen molar-refractivity contribution >= 4 is 11.9 Å². The number of hydrogen-bond donors (Lipinski definition) is 2. The number of carboxylic acid groups (broad SMARTS) is 1. The smallest absolute Gasteiger partial charge is 0.303 e. The summed E-state index contributed by atoms with van der Waals surface area (Å²) in [6, 6.07) is 15.8. The zero-order valence-corrected chi connectivity index (χ0v) is 14.4. The lowest BCUT2D eigenvalue weighted by molar-refractivity contribution is -0.137. The van der Waals surface area contributed by atoms with Crippen molar-refractivity contribution < 1.29 is 19.1 Å². The molecule has 3 atom stereocenters. The highest BCUT2D eigenvalue weighted by Gasteiger charge is 2.44. The molecule has 0 saturated heterocycles. The molecule has 0 aromatic heterocycles. The molecule has 5 heteroatoms. The average molecular weight is 355 g/mol. The van der Waals surface area contributed by atoms with Crippen LogP contribution in [0.5, 0.6) is 0 Å². The van der Waals surface area contributed by atoms with E-state index in [9.17, 15) is 14.0 Å². The zero-order chi connectivity index (χ0) is 18.5. The maximum Gasteiger partial charge on any atom is 0.303 e. The third-order valence-electron chi connectivity index (χ3n) is 4.78. The fourth-order valence-electron chi connectivity index (χ4n) is 3.32. The number of nitrogens with one attached hydrogen (secondary N) is 1. The third kappa shape index (κ3) is 4.91. The Morgan fingerprint density at radius 1 is 1.15 bits per heavy atom. The van der Waals surface area contributed by atoms with Crippen LogP contribution in [0.25, 0.3) is 0 Å². The van der Waals surface area contributed by atoms with Crippen LogP contribution < -0.4 is 5.32 Å². The number of amides is 1. The Morgan fingerprint density at radius 3 is 2.62 bits per heavy atom. The van der Waals surface area contributed by atoms with Crippen LogP contribution in [0.3, 0.4) is 0 Å². The third-order valence-corrected chi connectivity index (χ3v) is 4.78. The van der Waals surface area contributed by atoms with Gasteiger partial charge >= 0.3 is 5.97 Å². The van der Waals surface area contributed by atoms with E-state index in [4.69, 9.17) is 5.11 Å². The van der Waals surface area contributed by atoms with Gasteiger partial charge in [0.25, 0.3) is 0 Å². The van der Waals surface area contributed by atoms with Gasteiger partial charge in [0.1, 0.15) is 5.82 Å². The minimum Gasteiger partial charge on any atom is -0.481 e. The van der Waals surface area contributed by atoms with E-state index in [2.05, 4.69) is 5.32 Å². The van der Waals surface area contributed by atoms with Crippen molar-refractivity contribution in [1.29, 1.82) is 0 Å². The van der Waals surface area contributed by atoms with Crippen molar-refractivity contribution in [2.45, 2.75) is 37.6 Å². The Balaban J connectivity index is 1.61. The molecule has 136 valence electrons. The van der Waals surface area contributed by atoms with Crippen molar-refractivity contribution in [3.05, 3.63) is 71.5 Å². The lowest BCUT2D eigenvalue weighted by atomic mass is 10.0. The van der Waals surface area contributed by atoms with Gasteiger partial charge in [-0.25, -0.2) is 4.39 Å². The van der Waals surface area contributed by atoms with E-state index >= 15 is 0 Å². The molecule has 1 saturated carbocycles. The maximum atomic E-state index is 13.4. The van der Waals surface area contributed by atoms with Gasteiger partial charge in [-0.1, -0.05) is 42.5 Å². The van der Waals surface area contributed by atoms with Gasteiger partial charge in [-0.2, -0.15) is 0 Å². The molecule has 3 rings (SSSR count). The second-order valence-electron chi connectivity index (χ2n) is 6.83. The lowest BCUT2D eigenvalue weighted by Gasteiger charge is -2.18. The molecule has 1 aliphatic carbocycles. The summed E-state index contributed by atoms with van der Waals surface area (Å²) in [6.45, 7) is 0. The van der Waals surface area contributed by atoms with E-state index in [1.54, 1.807) is 6.07 Å². The number of benzene rings is 2. The standard InChI is InChI=1S/C21H22FNO3/c22-16-8-4-7-15(12-16)18-13-19(18)21(26)23-17(9-10-20(24)25)11-14-5-2-1-3-6-14/h1-8,12,17-19H,9-11,13H2,(H,23,26)(H,24,25). The van der Waals surface area contributed by atoms with E-state index in [-0.39, 0.29) is 36.0 Å². The quantitative estimate of drug-likeness (QED) is 0.761. The summed E-state index contributed by atoms with van der Waals surface area (Å²) in [6.07, 6.45) is 1.69. The number of carbonyl (C=O) groups is 2. The molecule has 3 unspecified atom stereocenters. The second kappa shape index (κ2) is 8.13. The summed E-state index contributed by atoms with van der Waals surface area (Å²) in [7, 11) is 0. The molecule has 0 radical (unpaired) electrons. The monoisotopic (exact) mass is 355 g/mol. The summed E-state index contributed by atoms with van der Waals surface area (Å²) < 4.78 is 13.4. The molecule has 2 aromatic carbocycles. The topological polar surface area (TPSA) is 66.4 Å². The molecule has 2 aromatic rings. The summed E-state index contributed by atoms with van der Waals surface area (Å²) in [5.74, 6) is -1.37. The van der Waals surface area contributed by atoms with Crippen LogP contribution in [0, 0.1) is 11.7 Å². The van der Waals surface area contributed by atoms with Crippen LogP contribution in [0.4, 0.5) is 4.39 Å². The van der Waals surface area contributed by atoms with E-state index in [1.165, 1.54) is 12.1 Å². The number of halogens is 1. The predicted molar refractivity (Wildman–Crippen MR) is 96.2 cm³/mol. The first-order valence-electron chi connectivity index (χ1n) is 8.84. The van der Waals surface area contributed by atoms with E-state index < -0.39 is 5.97 Å². The van der Waals surface area contributed by atoms with Crippen molar-refractivity contribution in [3.63, 3.8) is 0 Å². The SMILES string of the molecule is O=C(O)CCC(Cc1ccccc1)NC(=O)C1CC1c1cccc(F)c1. The fraction of sp³-hybridized carbons (Fsp3) is 0.333. The van der Waals surface area contributed by atoms with E-state index in [0.29, 0.717) is 19.3 Å². The first-order chi connectivity index (χ1) is 12.5. The van der Waals surface area contributed by atoms with Crippen LogP contribution in [-0.4, -0.2) is 23.0 Å². The van der Waals surface area contributed by atoms with Crippen molar-refractivity contribution in [2.24, 2.45) is 5.92 Å². The van der Waals surface area contributed by atoms with E-state index in [0.717, 1.165) is 11.1 Å². The Bertz CT molecular complexity index is 778. The van der Waals surface area contributed by atoms with Gasteiger partial charge in [0.2, 0.25) is 5.91 Å². The average Bonchev–Trinajstić information content (AvgIpc) is 3.41. The molecule has 1 fully saturated rings. The number of carbonyl (C=O) groups excluding carboxylic acids is 1. The first-order valence-corrected chi connectivity index (χ1v) is 8.84. The van der Waals surface area contributed by atoms with Crippen molar-refractivity contribution in [3.8, 4) is 0 Å². The predicted octanol–water partition coefficient (Wildman–Crippen LogP) is 3.52. The van der Waals surface area contributed by atoms with Gasteiger partial charge in [0, 0.05) is 18.4 Å². The largest absolute Gasteiger partial charge is 0.481 e. The highest BCUT2D eigenvalue weighted by atomic mass is 19.1. The molecule has 1 amide bonds. The summed E-state index contributed by atoms with van der Waals surface area (Å²) >= 11 is 0. The highest BCUT2D eigenvalue weighted by molar-refractivity contribution is 5.83. The Morgan fingerprint density at radius 2 is 1.92 bits per heavy atom. The molecule has 0 spiro atoms. The molecule has 26 heavy (non-hydrogen) atoms. The Hall–Kier alpha value is -2.69. The number of aliphatic carboxylic acids is 1. The lowest BCUT2D eigenvalue weighted by Crippen LogP contribution is -2.38. The fourth-order valence-corrected chi connectivity index (χ4v) is 3.32. The first kappa shape index (κ1) is 18.1.